The maximum atomic E-state index is 5.81. The first-order valence-corrected chi connectivity index (χ1v) is 8.32. The molecule has 0 amide bonds. The topological polar surface area (TPSA) is 58.8 Å². The molecule has 3 rings (SSSR count). The summed E-state index contributed by atoms with van der Waals surface area (Å²) in [5.74, 6) is 1.66. The molecule has 132 valence electrons. The molecule has 2 aromatic rings. The predicted molar refractivity (Wildman–Crippen MR) is 108 cm³/mol. The number of furan rings is 1. The number of halogens is 1. The minimum absolute atomic E-state index is 0. The molecule has 0 aliphatic carbocycles. The zero-order valence-electron chi connectivity index (χ0n) is 14.3. The Labute approximate surface area is 160 Å². The second-order valence-corrected chi connectivity index (χ2v) is 6.20. The van der Waals surface area contributed by atoms with Crippen molar-refractivity contribution in [2.75, 3.05) is 19.7 Å². The van der Waals surface area contributed by atoms with Crippen LogP contribution in [0, 0.1) is 0 Å². The summed E-state index contributed by atoms with van der Waals surface area (Å²) in [5, 5.41) is 7.76. The van der Waals surface area contributed by atoms with E-state index < -0.39 is 0 Å². The number of nitrogens with one attached hydrogen (secondary N) is 2. The lowest BCUT2D eigenvalue weighted by atomic mass is 10.0. The maximum Gasteiger partial charge on any atom is 0.191 e. The Bertz CT molecular complexity index is 645. The van der Waals surface area contributed by atoms with E-state index in [9.17, 15) is 0 Å². The molecule has 6 heteroatoms. The molecule has 0 saturated carbocycles. The molecule has 1 aliphatic heterocycles. The number of nitrogens with zero attached hydrogens (tertiary/aromatic N) is 1. The van der Waals surface area contributed by atoms with Crippen LogP contribution < -0.4 is 10.6 Å². The highest BCUT2D eigenvalue weighted by Crippen LogP contribution is 2.24. The molecule has 1 fully saturated rings. The first-order chi connectivity index (χ1) is 11.2. The summed E-state index contributed by atoms with van der Waals surface area (Å²) < 4.78 is 11.6. The van der Waals surface area contributed by atoms with Gasteiger partial charge in [-0.1, -0.05) is 18.2 Å². The highest BCUT2D eigenvalue weighted by Gasteiger charge is 2.29. The summed E-state index contributed by atoms with van der Waals surface area (Å²) in [6, 6.07) is 10.1. The van der Waals surface area contributed by atoms with Crippen molar-refractivity contribution in [1.82, 2.24) is 10.6 Å². The molecule has 2 heterocycles. The molecule has 1 aromatic carbocycles. The monoisotopic (exact) mass is 443 g/mol. The zero-order chi connectivity index (χ0) is 16.1. The predicted octanol–water partition coefficient (Wildman–Crippen LogP) is 3.68. The van der Waals surface area contributed by atoms with Crippen LogP contribution in [0.5, 0.6) is 0 Å². The van der Waals surface area contributed by atoms with Crippen molar-refractivity contribution in [3.8, 4) is 0 Å². The summed E-state index contributed by atoms with van der Waals surface area (Å²) in [7, 11) is 0. The Kier molecular flexibility index (Phi) is 6.91. The van der Waals surface area contributed by atoms with Gasteiger partial charge in [-0.2, -0.15) is 0 Å². The van der Waals surface area contributed by atoms with E-state index in [0.717, 1.165) is 55.2 Å². The number of guanidine groups is 1. The van der Waals surface area contributed by atoms with Crippen LogP contribution in [0.4, 0.5) is 0 Å². The number of hydrogen-bond donors (Lipinski definition) is 2. The minimum atomic E-state index is -0.0877. The third-order valence-corrected chi connectivity index (χ3v) is 4.14. The Morgan fingerprint density at radius 3 is 2.83 bits per heavy atom. The van der Waals surface area contributed by atoms with Gasteiger partial charge in [-0.25, -0.2) is 4.99 Å². The van der Waals surface area contributed by atoms with Crippen LogP contribution in [-0.4, -0.2) is 31.3 Å². The number of fused-ring (bicyclic) bond motifs is 1. The molecule has 1 aliphatic rings. The van der Waals surface area contributed by atoms with E-state index in [0.29, 0.717) is 6.54 Å². The summed E-state index contributed by atoms with van der Waals surface area (Å²) in [4.78, 5) is 4.62. The van der Waals surface area contributed by atoms with Crippen molar-refractivity contribution >= 4 is 40.9 Å². The van der Waals surface area contributed by atoms with Gasteiger partial charge in [-0.15, -0.1) is 24.0 Å². The fourth-order valence-corrected chi connectivity index (χ4v) is 2.86. The lowest BCUT2D eigenvalue weighted by Crippen LogP contribution is -2.45. The quantitative estimate of drug-likeness (QED) is 0.421. The van der Waals surface area contributed by atoms with Gasteiger partial charge >= 0.3 is 0 Å². The minimum Gasteiger partial charge on any atom is -0.459 e. The van der Waals surface area contributed by atoms with Gasteiger partial charge in [0, 0.05) is 25.1 Å². The molecule has 1 aromatic heterocycles. The molecule has 0 bridgehead atoms. The van der Waals surface area contributed by atoms with Crippen LogP contribution in [0.1, 0.15) is 32.4 Å². The Morgan fingerprint density at radius 2 is 2.12 bits per heavy atom. The molecule has 0 radical (unpaired) electrons. The van der Waals surface area contributed by atoms with Crippen molar-refractivity contribution < 1.29 is 9.15 Å². The van der Waals surface area contributed by atoms with Crippen LogP contribution >= 0.6 is 24.0 Å². The van der Waals surface area contributed by atoms with Gasteiger partial charge < -0.3 is 19.8 Å². The van der Waals surface area contributed by atoms with E-state index in [1.807, 2.05) is 30.3 Å². The molecule has 5 nitrogen and oxygen atoms in total. The molecule has 1 unspecified atom stereocenters. The molecule has 2 N–H and O–H groups in total. The summed E-state index contributed by atoms with van der Waals surface area (Å²) in [6.07, 6.45) is 2.22. The average Bonchev–Trinajstić information content (AvgIpc) is 3.16. The van der Waals surface area contributed by atoms with Crippen molar-refractivity contribution in [2.45, 2.75) is 38.8 Å². The molecular weight excluding hydrogens is 417 g/mol. The lowest BCUT2D eigenvalue weighted by molar-refractivity contribution is 0.0243. The highest BCUT2D eigenvalue weighted by molar-refractivity contribution is 14.0. The molecule has 0 spiro atoms. The van der Waals surface area contributed by atoms with Crippen LogP contribution in [-0.2, 0) is 11.3 Å². The van der Waals surface area contributed by atoms with E-state index >= 15 is 0 Å². The van der Waals surface area contributed by atoms with Gasteiger partial charge in [0.05, 0.1) is 5.60 Å². The third kappa shape index (κ3) is 4.86. The standard InChI is InChI=1S/C18H25N3O2.HI/c1-3-19-17(21-13-18(2)9-6-10-22-18)20-12-15-11-14-7-4-5-8-16(14)23-15;/h4-5,7-8,11H,3,6,9-10,12-13H2,1-2H3,(H2,19,20,21);1H. The maximum absolute atomic E-state index is 5.81. The first kappa shape index (κ1) is 19.1. The lowest BCUT2D eigenvalue weighted by Gasteiger charge is -2.24. The van der Waals surface area contributed by atoms with Crippen molar-refractivity contribution in [1.29, 1.82) is 0 Å². The van der Waals surface area contributed by atoms with Gasteiger partial charge in [-0.05, 0) is 38.8 Å². The third-order valence-electron chi connectivity index (χ3n) is 4.14. The summed E-state index contributed by atoms with van der Waals surface area (Å²) >= 11 is 0. The normalized spacial score (nSPS) is 20.8. The molecular formula is C18H26IN3O2. The number of benzene rings is 1. The van der Waals surface area contributed by atoms with Gasteiger partial charge in [0.2, 0.25) is 0 Å². The van der Waals surface area contributed by atoms with E-state index in [4.69, 9.17) is 9.15 Å². The second kappa shape index (κ2) is 8.71. The van der Waals surface area contributed by atoms with Crippen LogP contribution in [0.25, 0.3) is 11.0 Å². The fraction of sp³-hybridized carbons (Fsp3) is 0.500. The highest BCUT2D eigenvalue weighted by atomic mass is 127. The van der Waals surface area contributed by atoms with Gasteiger partial charge in [0.25, 0.3) is 0 Å². The van der Waals surface area contributed by atoms with Crippen molar-refractivity contribution in [3.05, 3.63) is 36.1 Å². The van der Waals surface area contributed by atoms with E-state index in [2.05, 4.69) is 29.5 Å². The van der Waals surface area contributed by atoms with Gasteiger partial charge in [0.15, 0.2) is 5.96 Å². The van der Waals surface area contributed by atoms with Crippen molar-refractivity contribution in [2.24, 2.45) is 4.99 Å². The van der Waals surface area contributed by atoms with Crippen LogP contribution in [0.2, 0.25) is 0 Å². The molecule has 1 atom stereocenters. The number of hydrogen-bond acceptors (Lipinski definition) is 3. The summed E-state index contributed by atoms with van der Waals surface area (Å²) in [5.41, 5.74) is 0.817. The fourth-order valence-electron chi connectivity index (χ4n) is 2.86. The molecule has 24 heavy (non-hydrogen) atoms. The SMILES string of the molecule is CCNC(=NCc1cc2ccccc2o1)NCC1(C)CCCO1.I. The number of rotatable bonds is 5. The number of para-hydroxylation sites is 1. The van der Waals surface area contributed by atoms with Crippen molar-refractivity contribution in [3.63, 3.8) is 0 Å². The smallest absolute Gasteiger partial charge is 0.191 e. The van der Waals surface area contributed by atoms with E-state index in [1.165, 1.54) is 0 Å². The molecule has 1 saturated heterocycles. The van der Waals surface area contributed by atoms with E-state index in [1.54, 1.807) is 0 Å². The van der Waals surface area contributed by atoms with Crippen LogP contribution in [0.3, 0.4) is 0 Å². The number of aliphatic imine (C=N–C) groups is 1. The van der Waals surface area contributed by atoms with Crippen LogP contribution in [0.15, 0.2) is 39.7 Å². The second-order valence-electron chi connectivity index (χ2n) is 6.20. The zero-order valence-corrected chi connectivity index (χ0v) is 16.6. The summed E-state index contributed by atoms with van der Waals surface area (Å²) in [6.45, 7) is 7.16. The average molecular weight is 443 g/mol. The number of ether oxygens (including phenoxy) is 1. The Hall–Kier alpha value is -1.28. The first-order valence-electron chi connectivity index (χ1n) is 8.32. The van der Waals surface area contributed by atoms with Gasteiger partial charge in [-0.3, -0.25) is 0 Å². The largest absolute Gasteiger partial charge is 0.459 e. The Morgan fingerprint density at radius 1 is 1.29 bits per heavy atom. The van der Waals surface area contributed by atoms with E-state index in [-0.39, 0.29) is 29.6 Å². The Balaban J connectivity index is 0.00000208. The van der Waals surface area contributed by atoms with Gasteiger partial charge in [0.1, 0.15) is 17.9 Å².